The average Bonchev–Trinajstić information content (AvgIpc) is 2.93. The SMILES string of the molecule is CCN1CCN(c2ccc(Nc3ncc4cc(C(F)F)cc(N5CCCN(C(C)=O)CCC5)c4n3)nc2)CC1. The molecule has 4 heterocycles. The molecule has 2 aliphatic heterocycles. The molecule has 0 atom stereocenters. The first-order valence-electron chi connectivity index (χ1n) is 13.7. The predicted octanol–water partition coefficient (Wildman–Crippen LogP) is 4.30. The van der Waals surface area contributed by atoms with Gasteiger partial charge in [-0.15, -0.1) is 0 Å². The predicted molar refractivity (Wildman–Crippen MR) is 150 cm³/mol. The number of nitrogens with zero attached hydrogens (tertiary/aromatic N) is 7. The number of hydrogen-bond donors (Lipinski definition) is 1. The van der Waals surface area contributed by atoms with Gasteiger partial charge in [0.1, 0.15) is 5.82 Å². The van der Waals surface area contributed by atoms with Crippen LogP contribution in [0.15, 0.2) is 36.7 Å². The number of rotatable bonds is 6. The van der Waals surface area contributed by atoms with E-state index in [0.717, 1.165) is 51.3 Å². The molecule has 3 aromatic rings. The van der Waals surface area contributed by atoms with E-state index in [2.05, 4.69) is 36.9 Å². The van der Waals surface area contributed by atoms with E-state index < -0.39 is 6.43 Å². The largest absolute Gasteiger partial charge is 0.370 e. The number of likely N-dealkylation sites (N-methyl/N-ethyl adjacent to an activating group) is 1. The quantitative estimate of drug-likeness (QED) is 0.498. The third kappa shape index (κ3) is 6.35. The fraction of sp³-hybridized carbons (Fsp3) is 0.500. The molecule has 208 valence electrons. The summed E-state index contributed by atoms with van der Waals surface area (Å²) in [7, 11) is 0. The zero-order valence-corrected chi connectivity index (χ0v) is 22.6. The number of piperazine rings is 1. The molecule has 0 bridgehead atoms. The molecule has 0 radical (unpaired) electrons. The number of carbonyl (C=O) groups is 1. The molecule has 0 spiro atoms. The molecule has 0 aliphatic carbocycles. The van der Waals surface area contributed by atoms with Crippen molar-refractivity contribution in [2.45, 2.75) is 33.1 Å². The molecule has 2 aliphatic rings. The van der Waals surface area contributed by atoms with Gasteiger partial charge in [-0.05, 0) is 43.7 Å². The average molecular weight is 539 g/mol. The Kier molecular flexibility index (Phi) is 8.35. The summed E-state index contributed by atoms with van der Waals surface area (Å²) in [6.07, 6.45) is 2.35. The third-order valence-corrected chi connectivity index (χ3v) is 7.61. The fourth-order valence-corrected chi connectivity index (χ4v) is 5.34. The van der Waals surface area contributed by atoms with Crippen molar-refractivity contribution in [2.75, 3.05) is 74.0 Å². The Bertz CT molecular complexity index is 1270. The molecular formula is C28H36F2N8O. The van der Waals surface area contributed by atoms with Crippen LogP contribution in [-0.4, -0.2) is 89.6 Å². The molecule has 0 unspecified atom stereocenters. The Morgan fingerprint density at radius 1 is 0.949 bits per heavy atom. The molecule has 1 amide bonds. The number of fused-ring (bicyclic) bond motifs is 1. The number of halogens is 2. The second-order valence-electron chi connectivity index (χ2n) is 10.1. The number of hydrogen-bond acceptors (Lipinski definition) is 8. The molecule has 1 aromatic carbocycles. The molecular weight excluding hydrogens is 502 g/mol. The van der Waals surface area contributed by atoms with Gasteiger partial charge in [-0.2, -0.15) is 0 Å². The summed E-state index contributed by atoms with van der Waals surface area (Å²) in [5, 5.41) is 3.74. The van der Waals surface area contributed by atoms with Crippen molar-refractivity contribution in [2.24, 2.45) is 0 Å². The second kappa shape index (κ2) is 12.1. The van der Waals surface area contributed by atoms with Gasteiger partial charge in [-0.3, -0.25) is 4.79 Å². The minimum atomic E-state index is -2.60. The van der Waals surface area contributed by atoms with Gasteiger partial charge in [-0.25, -0.2) is 23.7 Å². The van der Waals surface area contributed by atoms with Crippen LogP contribution in [0.1, 0.15) is 38.7 Å². The summed E-state index contributed by atoms with van der Waals surface area (Å²) in [4.78, 5) is 34.2. The first kappa shape index (κ1) is 27.0. The van der Waals surface area contributed by atoms with Crippen molar-refractivity contribution in [3.63, 3.8) is 0 Å². The molecule has 0 saturated carbocycles. The van der Waals surface area contributed by atoms with Gasteiger partial charge >= 0.3 is 0 Å². The summed E-state index contributed by atoms with van der Waals surface area (Å²) < 4.78 is 27.5. The Hall–Kier alpha value is -3.60. The van der Waals surface area contributed by atoms with Gasteiger partial charge in [0.2, 0.25) is 11.9 Å². The third-order valence-electron chi connectivity index (χ3n) is 7.61. The molecule has 5 rings (SSSR count). The van der Waals surface area contributed by atoms with Crippen LogP contribution in [-0.2, 0) is 4.79 Å². The van der Waals surface area contributed by atoms with Crippen molar-refractivity contribution in [3.8, 4) is 0 Å². The summed E-state index contributed by atoms with van der Waals surface area (Å²) in [5.41, 5.74) is 2.31. The van der Waals surface area contributed by atoms with Crippen LogP contribution in [0.4, 0.5) is 31.9 Å². The van der Waals surface area contributed by atoms with E-state index in [1.54, 1.807) is 19.2 Å². The van der Waals surface area contributed by atoms with Crippen molar-refractivity contribution in [3.05, 3.63) is 42.2 Å². The van der Waals surface area contributed by atoms with Crippen LogP contribution in [0, 0.1) is 0 Å². The van der Waals surface area contributed by atoms with E-state index in [1.807, 2.05) is 23.2 Å². The lowest BCUT2D eigenvalue weighted by molar-refractivity contribution is -0.129. The highest BCUT2D eigenvalue weighted by atomic mass is 19.3. The highest BCUT2D eigenvalue weighted by molar-refractivity contribution is 5.92. The summed E-state index contributed by atoms with van der Waals surface area (Å²) >= 11 is 0. The van der Waals surface area contributed by atoms with Crippen LogP contribution in [0.2, 0.25) is 0 Å². The van der Waals surface area contributed by atoms with E-state index in [1.165, 1.54) is 6.07 Å². The molecule has 2 aromatic heterocycles. The molecule has 11 heteroatoms. The Morgan fingerprint density at radius 2 is 1.69 bits per heavy atom. The zero-order valence-electron chi connectivity index (χ0n) is 22.6. The van der Waals surface area contributed by atoms with Crippen LogP contribution in [0.5, 0.6) is 0 Å². The minimum Gasteiger partial charge on any atom is -0.370 e. The first-order valence-corrected chi connectivity index (χ1v) is 13.7. The van der Waals surface area contributed by atoms with E-state index in [4.69, 9.17) is 4.98 Å². The standard InChI is InChI=1S/C28H36F2N8O/c1-3-35-12-14-37(15-13-35)23-6-7-25(31-19-23)33-28-32-18-22-16-21(27(29)30)17-24(26(22)34-28)38-10-4-8-36(20(2)39)9-5-11-38/h6-7,16-19,27H,3-5,8-15H2,1-2H3,(H,31,32,33,34). The van der Waals surface area contributed by atoms with Crippen LogP contribution < -0.4 is 15.1 Å². The van der Waals surface area contributed by atoms with Crippen LogP contribution >= 0.6 is 0 Å². The van der Waals surface area contributed by atoms with Gasteiger partial charge in [0.15, 0.2) is 0 Å². The number of nitrogens with one attached hydrogen (secondary N) is 1. The number of carbonyl (C=O) groups excluding carboxylic acids is 1. The Morgan fingerprint density at radius 3 is 2.31 bits per heavy atom. The lowest BCUT2D eigenvalue weighted by atomic mass is 10.1. The number of aromatic nitrogens is 3. The molecule has 1 N–H and O–H groups in total. The topological polar surface area (TPSA) is 80.7 Å². The van der Waals surface area contributed by atoms with E-state index in [-0.39, 0.29) is 11.5 Å². The van der Waals surface area contributed by atoms with Crippen molar-refractivity contribution < 1.29 is 13.6 Å². The van der Waals surface area contributed by atoms with Gasteiger partial charge in [-0.1, -0.05) is 6.92 Å². The van der Waals surface area contributed by atoms with Gasteiger partial charge in [0.25, 0.3) is 6.43 Å². The fourth-order valence-electron chi connectivity index (χ4n) is 5.34. The molecule has 2 saturated heterocycles. The maximum absolute atomic E-state index is 13.8. The Labute approximate surface area is 227 Å². The van der Waals surface area contributed by atoms with Crippen molar-refractivity contribution in [1.82, 2.24) is 24.8 Å². The number of amides is 1. The number of pyridine rings is 1. The minimum absolute atomic E-state index is 0.0498. The van der Waals surface area contributed by atoms with Gasteiger partial charge < -0.3 is 24.9 Å². The summed E-state index contributed by atoms with van der Waals surface area (Å²) in [6, 6.07) is 6.96. The summed E-state index contributed by atoms with van der Waals surface area (Å²) in [5.74, 6) is 1.05. The lowest BCUT2D eigenvalue weighted by Crippen LogP contribution is -2.46. The van der Waals surface area contributed by atoms with E-state index in [9.17, 15) is 13.6 Å². The zero-order chi connectivity index (χ0) is 27.4. The van der Waals surface area contributed by atoms with E-state index in [0.29, 0.717) is 54.5 Å². The van der Waals surface area contributed by atoms with Crippen LogP contribution in [0.25, 0.3) is 10.9 Å². The monoisotopic (exact) mass is 538 g/mol. The smallest absolute Gasteiger partial charge is 0.263 e. The molecule has 2 fully saturated rings. The molecule has 9 nitrogen and oxygen atoms in total. The first-order chi connectivity index (χ1) is 18.9. The second-order valence-corrected chi connectivity index (χ2v) is 10.1. The lowest BCUT2D eigenvalue weighted by Gasteiger charge is -2.35. The van der Waals surface area contributed by atoms with Gasteiger partial charge in [0.05, 0.1) is 23.1 Å². The molecule has 39 heavy (non-hydrogen) atoms. The number of alkyl halides is 2. The van der Waals surface area contributed by atoms with Crippen molar-refractivity contribution in [1.29, 1.82) is 0 Å². The van der Waals surface area contributed by atoms with E-state index >= 15 is 0 Å². The Balaban J connectivity index is 1.36. The highest BCUT2D eigenvalue weighted by Crippen LogP contribution is 2.33. The maximum Gasteiger partial charge on any atom is 0.263 e. The maximum atomic E-state index is 13.8. The summed E-state index contributed by atoms with van der Waals surface area (Å²) in [6.45, 7) is 11.5. The highest BCUT2D eigenvalue weighted by Gasteiger charge is 2.21. The number of benzene rings is 1. The normalized spacial score (nSPS) is 17.4. The van der Waals surface area contributed by atoms with Crippen LogP contribution in [0.3, 0.4) is 0 Å². The number of anilines is 4. The van der Waals surface area contributed by atoms with Crippen molar-refractivity contribution >= 4 is 40.0 Å². The van der Waals surface area contributed by atoms with Gasteiger partial charge in [0, 0.05) is 76.4 Å².